The van der Waals surface area contributed by atoms with Crippen molar-refractivity contribution in [1.29, 1.82) is 0 Å². The number of carbonyl (C=O) groups is 2. The van der Waals surface area contributed by atoms with Gasteiger partial charge >= 0.3 is 0 Å². The normalized spacial score (nSPS) is 37.8. The van der Waals surface area contributed by atoms with Crippen molar-refractivity contribution in [3.8, 4) is 0 Å². The second kappa shape index (κ2) is 7.13. The third kappa shape index (κ3) is 3.10. The summed E-state index contributed by atoms with van der Waals surface area (Å²) < 4.78 is 6.23. The van der Waals surface area contributed by atoms with Gasteiger partial charge in [0, 0.05) is 17.6 Å². The third-order valence-corrected chi connectivity index (χ3v) is 7.61. The number of hydrogen-bond donors (Lipinski definition) is 1. The van der Waals surface area contributed by atoms with Crippen LogP contribution in [0.3, 0.4) is 0 Å². The van der Waals surface area contributed by atoms with E-state index in [4.69, 9.17) is 16.3 Å². The van der Waals surface area contributed by atoms with Crippen LogP contribution in [-0.4, -0.2) is 41.0 Å². The first-order valence-electron chi connectivity index (χ1n) is 10.7. The summed E-state index contributed by atoms with van der Waals surface area (Å²) in [7, 11) is 0. The van der Waals surface area contributed by atoms with E-state index in [1.165, 1.54) is 6.42 Å². The van der Waals surface area contributed by atoms with E-state index in [1.807, 2.05) is 36.4 Å². The van der Waals surface area contributed by atoms with E-state index in [9.17, 15) is 9.59 Å². The molecular weight excluding hydrogens is 388 g/mol. The molecule has 1 aromatic carbocycles. The summed E-state index contributed by atoms with van der Waals surface area (Å²) in [5, 5.41) is 3.90. The molecule has 1 N–H and O–H groups in total. The lowest BCUT2D eigenvalue weighted by atomic mass is 9.76. The van der Waals surface area contributed by atoms with Gasteiger partial charge in [0.2, 0.25) is 11.8 Å². The van der Waals surface area contributed by atoms with Gasteiger partial charge in [0.25, 0.3) is 0 Å². The summed E-state index contributed by atoms with van der Waals surface area (Å²) in [6.45, 7) is 3.11. The van der Waals surface area contributed by atoms with E-state index in [1.54, 1.807) is 4.90 Å². The number of hydrogen-bond acceptors (Lipinski definition) is 3. The number of likely N-dealkylation sites (tertiary alicyclic amines) is 1. The van der Waals surface area contributed by atoms with Crippen molar-refractivity contribution in [3.63, 3.8) is 0 Å². The zero-order valence-corrected chi connectivity index (χ0v) is 17.4. The molecule has 5 nitrogen and oxygen atoms in total. The van der Waals surface area contributed by atoms with Gasteiger partial charge in [-0.15, -0.1) is 0 Å². The van der Waals surface area contributed by atoms with Crippen molar-refractivity contribution < 1.29 is 14.3 Å². The highest BCUT2D eigenvalue weighted by molar-refractivity contribution is 6.31. The Morgan fingerprint density at radius 3 is 2.90 bits per heavy atom. The summed E-state index contributed by atoms with van der Waals surface area (Å²) in [4.78, 5) is 28.4. The summed E-state index contributed by atoms with van der Waals surface area (Å²) in [5.74, 6) is -0.448. The highest BCUT2D eigenvalue weighted by atomic mass is 35.5. The fourth-order valence-corrected chi connectivity index (χ4v) is 5.85. The average molecular weight is 415 g/mol. The monoisotopic (exact) mass is 414 g/mol. The zero-order chi connectivity index (χ0) is 20.2. The molecule has 1 aliphatic carbocycles. The quantitative estimate of drug-likeness (QED) is 0.769. The molecule has 1 spiro atoms. The van der Waals surface area contributed by atoms with Gasteiger partial charge in [0.1, 0.15) is 5.60 Å². The molecule has 6 heteroatoms. The SMILES string of the molecule is C[C@H]1CCCC[C@@H]1NC(=O)[C@@H]1[C@H]2C=C[C@]3(CN(Cc4ccccc4Cl)C(=O)[C@@H]13)O2. The first-order valence-corrected chi connectivity index (χ1v) is 11.1. The van der Waals surface area contributed by atoms with Crippen LogP contribution < -0.4 is 5.32 Å². The van der Waals surface area contributed by atoms with Crippen LogP contribution in [0.5, 0.6) is 0 Å². The number of benzene rings is 1. The number of nitrogens with one attached hydrogen (secondary N) is 1. The lowest BCUT2D eigenvalue weighted by Gasteiger charge is -2.32. The van der Waals surface area contributed by atoms with Crippen LogP contribution in [0.2, 0.25) is 5.02 Å². The maximum Gasteiger partial charge on any atom is 0.230 e. The van der Waals surface area contributed by atoms with Crippen molar-refractivity contribution in [1.82, 2.24) is 10.2 Å². The van der Waals surface area contributed by atoms with E-state index in [2.05, 4.69) is 12.2 Å². The van der Waals surface area contributed by atoms with Crippen LogP contribution >= 0.6 is 11.6 Å². The summed E-state index contributed by atoms with van der Waals surface area (Å²) in [5.41, 5.74) is 0.234. The molecule has 3 heterocycles. The van der Waals surface area contributed by atoms with E-state index in [0.717, 1.165) is 24.8 Å². The van der Waals surface area contributed by atoms with Crippen molar-refractivity contribution >= 4 is 23.4 Å². The largest absolute Gasteiger partial charge is 0.360 e. The number of ether oxygens (including phenoxy) is 1. The number of halogens is 1. The summed E-state index contributed by atoms with van der Waals surface area (Å²) >= 11 is 6.30. The fraction of sp³-hybridized carbons (Fsp3) is 0.565. The number of carbonyl (C=O) groups excluding carboxylic acids is 2. The molecule has 1 saturated carbocycles. The van der Waals surface area contributed by atoms with Crippen molar-refractivity contribution in [2.24, 2.45) is 17.8 Å². The van der Waals surface area contributed by atoms with Gasteiger partial charge in [-0.05, 0) is 30.4 Å². The van der Waals surface area contributed by atoms with Gasteiger partial charge in [-0.3, -0.25) is 9.59 Å². The molecule has 2 saturated heterocycles. The molecule has 0 unspecified atom stereocenters. The molecular formula is C23H27ClN2O3. The number of fused-ring (bicyclic) bond motifs is 1. The Morgan fingerprint density at radius 2 is 2.10 bits per heavy atom. The Labute approximate surface area is 176 Å². The minimum absolute atomic E-state index is 0.00591. The van der Waals surface area contributed by atoms with Crippen molar-refractivity contribution in [2.75, 3.05) is 6.54 Å². The highest BCUT2D eigenvalue weighted by Crippen LogP contribution is 2.52. The minimum Gasteiger partial charge on any atom is -0.360 e. The van der Waals surface area contributed by atoms with E-state index in [0.29, 0.717) is 24.0 Å². The van der Waals surface area contributed by atoms with E-state index < -0.39 is 17.4 Å². The molecule has 6 atom stereocenters. The summed E-state index contributed by atoms with van der Waals surface area (Å²) in [6.07, 6.45) is 8.21. The first-order chi connectivity index (χ1) is 14.0. The van der Waals surface area contributed by atoms with Gasteiger partial charge in [-0.1, -0.05) is 61.7 Å². The standard InChI is InChI=1S/C23H27ClN2O3/c1-14-6-2-5-9-17(14)25-21(27)19-18-10-11-23(29-18)13-26(22(28)20(19)23)12-15-7-3-4-8-16(15)24/h3-4,7-8,10-11,14,17-20H,2,5-6,9,12-13H2,1H3,(H,25,27)/t14-,17-,18+,19+,20+,23+/m0/s1. The van der Waals surface area contributed by atoms with Gasteiger partial charge in [0.15, 0.2) is 0 Å². The molecule has 1 aromatic rings. The van der Waals surface area contributed by atoms with Gasteiger partial charge < -0.3 is 15.0 Å². The highest BCUT2D eigenvalue weighted by Gasteiger charge is 2.66. The van der Waals surface area contributed by atoms with E-state index in [-0.39, 0.29) is 24.0 Å². The Hall–Kier alpha value is -1.85. The number of nitrogens with zero attached hydrogens (tertiary/aromatic N) is 1. The van der Waals surface area contributed by atoms with Gasteiger partial charge in [-0.25, -0.2) is 0 Å². The second-order valence-corrected chi connectivity index (χ2v) is 9.47. The Balaban J connectivity index is 1.35. The number of amides is 2. The van der Waals surface area contributed by atoms with Crippen molar-refractivity contribution in [3.05, 3.63) is 47.0 Å². The molecule has 0 aromatic heterocycles. The fourth-order valence-electron chi connectivity index (χ4n) is 5.65. The first kappa shape index (κ1) is 19.1. The smallest absolute Gasteiger partial charge is 0.230 e. The van der Waals surface area contributed by atoms with Gasteiger partial charge in [0.05, 0.1) is 24.5 Å². The molecule has 2 amide bonds. The third-order valence-electron chi connectivity index (χ3n) is 7.24. The van der Waals surface area contributed by atoms with Gasteiger partial charge in [-0.2, -0.15) is 0 Å². The van der Waals surface area contributed by atoms with Crippen LogP contribution in [0.4, 0.5) is 0 Å². The van der Waals surface area contributed by atoms with Crippen LogP contribution in [0.25, 0.3) is 0 Å². The second-order valence-electron chi connectivity index (χ2n) is 9.06. The molecule has 154 valence electrons. The molecule has 0 radical (unpaired) electrons. The lowest BCUT2D eigenvalue weighted by molar-refractivity contribution is -0.138. The maximum atomic E-state index is 13.3. The Morgan fingerprint density at radius 1 is 1.31 bits per heavy atom. The summed E-state index contributed by atoms with van der Waals surface area (Å²) in [6, 6.07) is 7.77. The topological polar surface area (TPSA) is 58.6 Å². The molecule has 5 rings (SSSR count). The Bertz CT molecular complexity index is 871. The predicted octanol–water partition coefficient (Wildman–Crippen LogP) is 3.32. The molecule has 29 heavy (non-hydrogen) atoms. The Kier molecular flexibility index (Phi) is 4.71. The molecule has 2 bridgehead atoms. The molecule has 3 aliphatic heterocycles. The van der Waals surface area contributed by atoms with Crippen LogP contribution in [0, 0.1) is 17.8 Å². The minimum atomic E-state index is -0.677. The zero-order valence-electron chi connectivity index (χ0n) is 16.6. The van der Waals surface area contributed by atoms with E-state index >= 15 is 0 Å². The molecule has 4 aliphatic rings. The maximum absolute atomic E-state index is 13.3. The van der Waals surface area contributed by atoms with Crippen molar-refractivity contribution in [2.45, 2.75) is 56.9 Å². The average Bonchev–Trinajstić information content (AvgIpc) is 3.34. The predicted molar refractivity (Wildman–Crippen MR) is 110 cm³/mol. The van der Waals surface area contributed by atoms with Crippen LogP contribution in [-0.2, 0) is 20.9 Å². The molecule has 3 fully saturated rings. The van der Waals surface area contributed by atoms with Crippen LogP contribution in [0.1, 0.15) is 38.2 Å². The lowest BCUT2D eigenvalue weighted by Crippen LogP contribution is -2.49. The number of rotatable bonds is 4. The van der Waals surface area contributed by atoms with Crippen LogP contribution in [0.15, 0.2) is 36.4 Å².